The molecule has 1 aromatic rings. The van der Waals surface area contributed by atoms with E-state index in [2.05, 4.69) is 44.4 Å². The number of rotatable bonds is 0. The minimum Gasteiger partial charge on any atom is -0.343 e. The van der Waals surface area contributed by atoms with Crippen molar-refractivity contribution in [3.8, 4) is 0 Å². The summed E-state index contributed by atoms with van der Waals surface area (Å²) < 4.78 is 1.16. The fraction of sp³-hybridized carbons (Fsp3) is 0.462. The summed E-state index contributed by atoms with van der Waals surface area (Å²) in [6, 6.07) is 6.50. The van der Waals surface area contributed by atoms with E-state index in [1.807, 2.05) is 7.05 Å². The van der Waals surface area contributed by atoms with Gasteiger partial charge in [0.1, 0.15) is 5.84 Å². The van der Waals surface area contributed by atoms with Gasteiger partial charge in [0.25, 0.3) is 0 Å². The molecule has 2 nitrogen and oxygen atoms in total. The zero-order valence-electron chi connectivity index (χ0n) is 9.39. The summed E-state index contributed by atoms with van der Waals surface area (Å²) in [7, 11) is 1.89. The van der Waals surface area contributed by atoms with Gasteiger partial charge in [0, 0.05) is 17.2 Å². The van der Waals surface area contributed by atoms with Crippen molar-refractivity contribution in [2.45, 2.75) is 31.1 Å². The number of fused-ring (bicyclic) bond motifs is 2. The first-order chi connectivity index (χ1) is 7.76. The molecule has 84 valence electrons. The van der Waals surface area contributed by atoms with Crippen LogP contribution in [-0.2, 0) is 5.41 Å². The van der Waals surface area contributed by atoms with Gasteiger partial charge in [-0.25, -0.2) is 0 Å². The summed E-state index contributed by atoms with van der Waals surface area (Å²) in [5.74, 6) is 1.16. The fourth-order valence-corrected chi connectivity index (χ4v) is 3.51. The SMILES string of the molecule is CN=C1Nc2ccc(Br)cc2C12CCCC2. The second-order valence-corrected chi connectivity index (χ2v) is 5.59. The van der Waals surface area contributed by atoms with Crippen LogP contribution in [0.3, 0.4) is 0 Å². The number of aliphatic imine (C=N–C) groups is 1. The van der Waals surface area contributed by atoms with Crippen LogP contribution in [0.5, 0.6) is 0 Å². The highest BCUT2D eigenvalue weighted by molar-refractivity contribution is 9.10. The van der Waals surface area contributed by atoms with E-state index >= 15 is 0 Å². The number of amidine groups is 1. The number of anilines is 1. The first-order valence-corrected chi connectivity index (χ1v) is 6.60. The van der Waals surface area contributed by atoms with Crippen molar-refractivity contribution in [2.75, 3.05) is 12.4 Å². The van der Waals surface area contributed by atoms with Crippen LogP contribution in [0.25, 0.3) is 0 Å². The average Bonchev–Trinajstić information content (AvgIpc) is 2.87. The van der Waals surface area contributed by atoms with Gasteiger partial charge in [0.15, 0.2) is 0 Å². The highest BCUT2D eigenvalue weighted by atomic mass is 79.9. The Balaban J connectivity index is 2.19. The van der Waals surface area contributed by atoms with E-state index in [1.165, 1.54) is 36.9 Å². The van der Waals surface area contributed by atoms with Gasteiger partial charge in [-0.2, -0.15) is 0 Å². The van der Waals surface area contributed by atoms with Crippen LogP contribution in [0.1, 0.15) is 31.2 Å². The zero-order valence-corrected chi connectivity index (χ0v) is 11.0. The zero-order chi connectivity index (χ0) is 11.2. The summed E-state index contributed by atoms with van der Waals surface area (Å²) in [6.07, 6.45) is 5.09. The van der Waals surface area contributed by atoms with E-state index in [4.69, 9.17) is 0 Å². The molecule has 0 bridgehead atoms. The Labute approximate surface area is 104 Å². The van der Waals surface area contributed by atoms with Crippen molar-refractivity contribution in [1.82, 2.24) is 0 Å². The van der Waals surface area contributed by atoms with E-state index in [0.717, 1.165) is 10.3 Å². The molecule has 3 heteroatoms. The number of benzene rings is 1. The number of nitrogens with one attached hydrogen (secondary N) is 1. The van der Waals surface area contributed by atoms with Crippen molar-refractivity contribution >= 4 is 27.5 Å². The Hall–Kier alpha value is -0.830. The third-order valence-electron chi connectivity index (χ3n) is 3.88. The molecule has 0 unspecified atom stereocenters. The largest absolute Gasteiger partial charge is 0.343 e. The third-order valence-corrected chi connectivity index (χ3v) is 4.38. The molecular formula is C13H15BrN2. The van der Waals surface area contributed by atoms with Crippen molar-refractivity contribution in [1.29, 1.82) is 0 Å². The summed E-state index contributed by atoms with van der Waals surface area (Å²) >= 11 is 3.57. The molecule has 1 heterocycles. The van der Waals surface area contributed by atoms with Gasteiger partial charge >= 0.3 is 0 Å². The van der Waals surface area contributed by atoms with Gasteiger partial charge in [-0.1, -0.05) is 28.8 Å². The minimum atomic E-state index is 0.188. The second-order valence-electron chi connectivity index (χ2n) is 4.68. The third kappa shape index (κ3) is 1.27. The van der Waals surface area contributed by atoms with Crippen LogP contribution in [0, 0.1) is 0 Å². The lowest BCUT2D eigenvalue weighted by molar-refractivity contribution is 0.611. The summed E-state index contributed by atoms with van der Waals surface area (Å²) in [6.45, 7) is 0. The van der Waals surface area contributed by atoms with E-state index in [0.29, 0.717) is 0 Å². The lowest BCUT2D eigenvalue weighted by atomic mass is 9.80. The van der Waals surface area contributed by atoms with E-state index in [1.54, 1.807) is 0 Å². The van der Waals surface area contributed by atoms with Gasteiger partial charge in [-0.05, 0) is 36.6 Å². The van der Waals surface area contributed by atoms with Crippen LogP contribution in [0.15, 0.2) is 27.7 Å². The lowest BCUT2D eigenvalue weighted by Crippen LogP contribution is -2.31. The normalized spacial score (nSPS) is 23.8. The lowest BCUT2D eigenvalue weighted by Gasteiger charge is -2.23. The molecule has 1 spiro atoms. The molecule has 0 radical (unpaired) electrons. The molecule has 1 aliphatic heterocycles. The Bertz CT molecular complexity index is 459. The van der Waals surface area contributed by atoms with Crippen molar-refractivity contribution in [3.05, 3.63) is 28.2 Å². The molecule has 2 aliphatic rings. The van der Waals surface area contributed by atoms with Gasteiger partial charge in [0.05, 0.1) is 5.41 Å². The Morgan fingerprint density at radius 1 is 1.31 bits per heavy atom. The summed E-state index contributed by atoms with van der Waals surface area (Å²) in [4.78, 5) is 4.46. The molecular weight excluding hydrogens is 264 g/mol. The van der Waals surface area contributed by atoms with Crippen LogP contribution in [0.4, 0.5) is 5.69 Å². The number of hydrogen-bond donors (Lipinski definition) is 1. The van der Waals surface area contributed by atoms with E-state index in [9.17, 15) is 0 Å². The summed E-state index contributed by atoms with van der Waals surface area (Å²) in [5, 5.41) is 3.47. The molecule has 1 fully saturated rings. The molecule has 1 aromatic carbocycles. The maximum absolute atomic E-state index is 4.46. The maximum Gasteiger partial charge on any atom is 0.111 e. The van der Waals surface area contributed by atoms with E-state index in [-0.39, 0.29) is 5.41 Å². The quantitative estimate of drug-likeness (QED) is 0.769. The Morgan fingerprint density at radius 3 is 2.75 bits per heavy atom. The average molecular weight is 279 g/mol. The van der Waals surface area contributed by atoms with Crippen LogP contribution in [-0.4, -0.2) is 12.9 Å². The van der Waals surface area contributed by atoms with Gasteiger partial charge in [-0.3, -0.25) is 4.99 Å². The number of hydrogen-bond acceptors (Lipinski definition) is 1. The first-order valence-electron chi connectivity index (χ1n) is 5.80. The Kier molecular flexibility index (Phi) is 2.32. The Morgan fingerprint density at radius 2 is 2.06 bits per heavy atom. The van der Waals surface area contributed by atoms with Gasteiger partial charge in [0.2, 0.25) is 0 Å². The fourth-order valence-electron chi connectivity index (χ4n) is 3.15. The van der Waals surface area contributed by atoms with Gasteiger partial charge in [-0.15, -0.1) is 0 Å². The molecule has 0 amide bonds. The maximum atomic E-state index is 4.46. The van der Waals surface area contributed by atoms with E-state index < -0.39 is 0 Å². The first kappa shape index (κ1) is 10.3. The van der Waals surface area contributed by atoms with Crippen molar-refractivity contribution in [3.63, 3.8) is 0 Å². The molecule has 3 rings (SSSR count). The van der Waals surface area contributed by atoms with Crippen LogP contribution in [0.2, 0.25) is 0 Å². The molecule has 16 heavy (non-hydrogen) atoms. The second kappa shape index (κ2) is 3.59. The highest BCUT2D eigenvalue weighted by Crippen LogP contribution is 2.49. The van der Waals surface area contributed by atoms with Crippen LogP contribution < -0.4 is 5.32 Å². The minimum absolute atomic E-state index is 0.188. The highest BCUT2D eigenvalue weighted by Gasteiger charge is 2.46. The number of nitrogens with zero attached hydrogens (tertiary/aromatic N) is 1. The predicted molar refractivity (Wildman–Crippen MR) is 71.3 cm³/mol. The van der Waals surface area contributed by atoms with Crippen molar-refractivity contribution in [2.24, 2.45) is 4.99 Å². The van der Waals surface area contributed by atoms with Crippen LogP contribution >= 0.6 is 15.9 Å². The molecule has 1 N–H and O–H groups in total. The molecule has 0 saturated heterocycles. The molecule has 0 aromatic heterocycles. The molecule has 1 saturated carbocycles. The monoisotopic (exact) mass is 278 g/mol. The molecule has 1 aliphatic carbocycles. The van der Waals surface area contributed by atoms with Crippen molar-refractivity contribution < 1.29 is 0 Å². The topological polar surface area (TPSA) is 24.4 Å². The molecule has 0 atom stereocenters. The smallest absolute Gasteiger partial charge is 0.111 e. The standard InChI is InChI=1S/C13H15BrN2/c1-15-12-13(6-2-3-7-13)10-8-9(14)4-5-11(10)16-12/h4-5,8H,2-3,6-7H2,1H3,(H,15,16). The number of halogens is 1. The summed E-state index contributed by atoms with van der Waals surface area (Å²) in [5.41, 5.74) is 2.86. The van der Waals surface area contributed by atoms with Gasteiger partial charge < -0.3 is 5.32 Å². The predicted octanol–water partition coefficient (Wildman–Crippen LogP) is 3.71.